The first-order valence-corrected chi connectivity index (χ1v) is 12.8. The van der Waals surface area contributed by atoms with Crippen molar-refractivity contribution in [1.29, 1.82) is 0 Å². The fourth-order valence-corrected chi connectivity index (χ4v) is 4.55. The Labute approximate surface area is 231 Å². The molecule has 3 N–H and O–H groups in total. The Hall–Kier alpha value is -5.05. The molecule has 9 heteroatoms. The van der Waals surface area contributed by atoms with Crippen molar-refractivity contribution in [3.05, 3.63) is 101 Å². The number of hydrogen-bond acceptors (Lipinski definition) is 6. The molecule has 3 aromatic carbocycles. The van der Waals surface area contributed by atoms with E-state index in [0.29, 0.717) is 39.4 Å². The molecule has 202 valence electrons. The molecule has 9 nitrogen and oxygen atoms in total. The Balaban J connectivity index is 1.30. The van der Waals surface area contributed by atoms with Crippen molar-refractivity contribution in [1.82, 2.24) is 9.78 Å². The number of amides is 2. The first-order valence-electron chi connectivity index (χ1n) is 12.8. The summed E-state index contributed by atoms with van der Waals surface area (Å²) in [5.74, 6) is -1.26. The maximum Gasteiger partial charge on any atom is 0.273 e. The van der Waals surface area contributed by atoms with Gasteiger partial charge in [0.05, 0.1) is 16.9 Å². The number of fused-ring (bicyclic) bond motifs is 1. The molecule has 1 aliphatic rings. The summed E-state index contributed by atoms with van der Waals surface area (Å²) < 4.78 is 1.70. The predicted octanol–water partition coefficient (Wildman–Crippen LogP) is 5.57. The lowest BCUT2D eigenvalue weighted by atomic mass is 9.97. The van der Waals surface area contributed by atoms with Gasteiger partial charge in [0.15, 0.2) is 5.78 Å². The molecular weight excluding hydrogens is 506 g/mol. The Kier molecular flexibility index (Phi) is 6.81. The third kappa shape index (κ3) is 5.40. The Bertz CT molecular complexity index is 1660. The minimum Gasteiger partial charge on any atom is -0.508 e. The highest BCUT2D eigenvalue weighted by atomic mass is 16.3. The van der Waals surface area contributed by atoms with Crippen LogP contribution in [0.15, 0.2) is 77.8 Å². The number of aromatic hydroxyl groups is 1. The van der Waals surface area contributed by atoms with E-state index in [1.54, 1.807) is 71.4 Å². The van der Waals surface area contributed by atoms with Crippen molar-refractivity contribution in [3.63, 3.8) is 0 Å². The zero-order valence-corrected chi connectivity index (χ0v) is 22.6. The van der Waals surface area contributed by atoms with Gasteiger partial charge in [0.25, 0.3) is 5.91 Å². The molecule has 0 saturated carbocycles. The number of ketones is 1. The number of benzene rings is 3. The lowest BCUT2D eigenvalue weighted by Crippen LogP contribution is -2.29. The van der Waals surface area contributed by atoms with Gasteiger partial charge < -0.3 is 15.7 Å². The summed E-state index contributed by atoms with van der Waals surface area (Å²) in [4.78, 5) is 43.1. The molecule has 0 aliphatic carbocycles. The second kappa shape index (κ2) is 10.3. The monoisotopic (exact) mass is 535 g/mol. The minimum atomic E-state index is -0.609. The third-order valence-corrected chi connectivity index (χ3v) is 6.50. The van der Waals surface area contributed by atoms with E-state index in [2.05, 4.69) is 20.7 Å². The van der Waals surface area contributed by atoms with Gasteiger partial charge in [-0.15, -0.1) is 0 Å². The van der Waals surface area contributed by atoms with Crippen LogP contribution in [0.1, 0.15) is 64.4 Å². The van der Waals surface area contributed by atoms with Crippen LogP contribution >= 0.6 is 0 Å². The number of aryl methyl sites for hydroxylation is 1. The molecule has 0 bridgehead atoms. The van der Waals surface area contributed by atoms with Crippen molar-refractivity contribution in [3.8, 4) is 5.75 Å². The molecule has 40 heavy (non-hydrogen) atoms. The fraction of sp³-hybridized carbons (Fsp3) is 0.194. The van der Waals surface area contributed by atoms with Crippen LogP contribution in [-0.2, 0) is 10.3 Å². The second-order valence-electron chi connectivity index (χ2n) is 10.7. The van der Waals surface area contributed by atoms with Crippen LogP contribution in [0.3, 0.4) is 0 Å². The standard InChI is InChI=1S/C31H29N5O4/c1-18-14-27(36(35-18)31(2,3)4)30(40)33-21-11-8-19(9-12-21)28(38)20-10-13-24-25(29(39)34-26(24)15-20)17-32-22-6-5-7-23(37)16-22/h5-17,25,37H,1-4H3,(H,33,40)(H,34,39). The van der Waals surface area contributed by atoms with Crippen LogP contribution in [0, 0.1) is 6.92 Å². The quantitative estimate of drug-likeness (QED) is 0.220. The molecule has 1 aromatic heterocycles. The van der Waals surface area contributed by atoms with Crippen LogP contribution in [-0.4, -0.2) is 38.7 Å². The Morgan fingerprint density at radius 3 is 2.45 bits per heavy atom. The van der Waals surface area contributed by atoms with E-state index < -0.39 is 5.92 Å². The molecular formula is C31H29N5O4. The maximum absolute atomic E-state index is 13.2. The number of carbonyl (C=O) groups excluding carboxylic acids is 3. The van der Waals surface area contributed by atoms with Crippen molar-refractivity contribution in [2.24, 2.45) is 4.99 Å². The number of aliphatic imine (C=N–C) groups is 1. The van der Waals surface area contributed by atoms with Crippen molar-refractivity contribution < 1.29 is 19.5 Å². The molecule has 1 unspecified atom stereocenters. The van der Waals surface area contributed by atoms with Crippen molar-refractivity contribution >= 4 is 40.9 Å². The molecule has 1 aliphatic heterocycles. The van der Waals surface area contributed by atoms with Crippen LogP contribution in [0.4, 0.5) is 17.1 Å². The summed E-state index contributed by atoms with van der Waals surface area (Å²) in [7, 11) is 0. The third-order valence-electron chi connectivity index (χ3n) is 6.50. The normalized spacial score (nSPS) is 14.7. The SMILES string of the molecule is Cc1cc(C(=O)Nc2ccc(C(=O)c3ccc4c(c3)NC(=O)C4C=Nc3cccc(O)c3)cc2)n(C(C)(C)C)n1. The summed E-state index contributed by atoms with van der Waals surface area (Å²) in [6.45, 7) is 7.78. The molecule has 2 heterocycles. The van der Waals surface area contributed by atoms with Crippen LogP contribution < -0.4 is 10.6 Å². The van der Waals surface area contributed by atoms with Crippen LogP contribution in [0.2, 0.25) is 0 Å². The minimum absolute atomic E-state index is 0.0903. The van der Waals surface area contributed by atoms with Crippen LogP contribution in [0.25, 0.3) is 0 Å². The number of rotatable bonds is 6. The fourth-order valence-electron chi connectivity index (χ4n) is 4.55. The van der Waals surface area contributed by atoms with Crippen LogP contribution in [0.5, 0.6) is 5.75 Å². The molecule has 0 radical (unpaired) electrons. The van der Waals surface area contributed by atoms with E-state index >= 15 is 0 Å². The molecule has 0 spiro atoms. The number of anilines is 2. The summed E-state index contributed by atoms with van der Waals surface area (Å²) in [5, 5.41) is 19.8. The average Bonchev–Trinajstić information content (AvgIpc) is 3.46. The van der Waals surface area contributed by atoms with E-state index in [-0.39, 0.29) is 28.9 Å². The Morgan fingerprint density at radius 1 is 1.02 bits per heavy atom. The first-order chi connectivity index (χ1) is 19.0. The largest absolute Gasteiger partial charge is 0.508 e. The highest BCUT2D eigenvalue weighted by molar-refractivity contribution is 6.15. The molecule has 1 atom stereocenters. The van der Waals surface area contributed by atoms with E-state index in [1.807, 2.05) is 27.7 Å². The van der Waals surface area contributed by atoms with Crippen molar-refractivity contribution in [2.45, 2.75) is 39.2 Å². The van der Waals surface area contributed by atoms with E-state index in [1.165, 1.54) is 12.3 Å². The van der Waals surface area contributed by atoms with Gasteiger partial charge in [-0.2, -0.15) is 5.10 Å². The van der Waals surface area contributed by atoms with Gasteiger partial charge in [-0.05, 0) is 81.8 Å². The van der Waals surface area contributed by atoms with Gasteiger partial charge in [0, 0.05) is 34.8 Å². The van der Waals surface area contributed by atoms with Gasteiger partial charge in [-0.1, -0.05) is 18.2 Å². The molecule has 2 amide bonds. The average molecular weight is 536 g/mol. The lowest BCUT2D eigenvalue weighted by Gasteiger charge is -2.22. The summed E-state index contributed by atoms with van der Waals surface area (Å²) in [6.07, 6.45) is 1.53. The highest BCUT2D eigenvalue weighted by Crippen LogP contribution is 2.33. The number of nitrogens with zero attached hydrogens (tertiary/aromatic N) is 3. The van der Waals surface area contributed by atoms with E-state index in [9.17, 15) is 19.5 Å². The van der Waals surface area contributed by atoms with Gasteiger partial charge in [0.1, 0.15) is 17.4 Å². The number of aromatic nitrogens is 2. The topological polar surface area (TPSA) is 126 Å². The van der Waals surface area contributed by atoms with Crippen molar-refractivity contribution in [2.75, 3.05) is 10.6 Å². The molecule has 0 saturated heterocycles. The zero-order chi connectivity index (χ0) is 28.6. The highest BCUT2D eigenvalue weighted by Gasteiger charge is 2.30. The summed E-state index contributed by atoms with van der Waals surface area (Å²) in [6, 6.07) is 19.9. The number of nitrogens with one attached hydrogen (secondary N) is 2. The van der Waals surface area contributed by atoms with E-state index in [0.717, 1.165) is 5.69 Å². The van der Waals surface area contributed by atoms with Gasteiger partial charge in [-0.25, -0.2) is 0 Å². The summed E-state index contributed by atoms with van der Waals surface area (Å²) >= 11 is 0. The molecule has 0 fully saturated rings. The zero-order valence-electron chi connectivity index (χ0n) is 22.6. The van der Waals surface area contributed by atoms with Gasteiger partial charge >= 0.3 is 0 Å². The lowest BCUT2D eigenvalue weighted by molar-refractivity contribution is -0.115. The number of phenols is 1. The predicted molar refractivity (Wildman–Crippen MR) is 154 cm³/mol. The Morgan fingerprint density at radius 2 is 1.75 bits per heavy atom. The molecule has 5 rings (SSSR count). The van der Waals surface area contributed by atoms with E-state index in [4.69, 9.17) is 0 Å². The smallest absolute Gasteiger partial charge is 0.273 e. The summed E-state index contributed by atoms with van der Waals surface area (Å²) in [5.41, 5.74) is 4.07. The second-order valence-corrected chi connectivity index (χ2v) is 10.7. The maximum atomic E-state index is 13.2. The molecule has 4 aromatic rings. The first kappa shape index (κ1) is 26.6. The number of carbonyl (C=O) groups is 3. The number of phenolic OH excluding ortho intramolecular Hbond substituents is 1. The number of hydrogen-bond donors (Lipinski definition) is 3. The van der Waals surface area contributed by atoms with Gasteiger partial charge in [0.2, 0.25) is 5.91 Å². The van der Waals surface area contributed by atoms with Gasteiger partial charge in [-0.3, -0.25) is 24.1 Å².